The molecule has 0 aromatic carbocycles. The van der Waals surface area contributed by atoms with Gasteiger partial charge in [-0.05, 0) is 77.0 Å². The van der Waals surface area contributed by atoms with Crippen LogP contribution >= 0.6 is 0 Å². The number of carboxylic acids is 1. The highest BCUT2D eigenvalue weighted by Crippen LogP contribution is 2.17. The summed E-state index contributed by atoms with van der Waals surface area (Å²) in [6, 6.07) is 0. The number of carbonyl (C=O) groups is 3. The van der Waals surface area contributed by atoms with Crippen molar-refractivity contribution < 1.29 is 42.9 Å². The maximum Gasteiger partial charge on any atom is 0.361 e. The van der Waals surface area contributed by atoms with Crippen molar-refractivity contribution in [1.82, 2.24) is 0 Å². The van der Waals surface area contributed by atoms with E-state index in [-0.39, 0.29) is 32.2 Å². The molecular weight excluding hydrogens is 959 g/mol. The highest BCUT2D eigenvalue weighted by Gasteiger charge is 2.25. The number of hydrogen-bond acceptors (Lipinski definition) is 7. The number of allylic oxidation sites excluding steroid dienone is 8. The second kappa shape index (κ2) is 59.4. The summed E-state index contributed by atoms with van der Waals surface area (Å²) in [7, 11) is 5.98. The van der Waals surface area contributed by atoms with Gasteiger partial charge in [-0.15, -0.1) is 0 Å². The SMILES string of the molecule is CCCCCCC/C=C\C/C=C\C/C=C\CCCCCCCCCCCCCCCCCCCCCCCCC(=O)OC(COC(=O)CCCCCCC/C=C\CCCCCCCC)COC(OCC[N+](C)(C)C)C(=O)O. The van der Waals surface area contributed by atoms with Crippen LogP contribution in [0.3, 0.4) is 0 Å². The molecule has 9 nitrogen and oxygen atoms in total. The molecule has 1 N–H and O–H groups in total. The number of rotatable bonds is 61. The Balaban J connectivity index is 4.00. The lowest BCUT2D eigenvalue weighted by molar-refractivity contribution is -0.870. The monoisotopic (exact) mass is 1080 g/mol. The number of nitrogens with zero attached hydrogens (tertiary/aromatic N) is 1. The number of esters is 2. The molecule has 0 aliphatic rings. The first kappa shape index (κ1) is 74.2. The van der Waals surface area contributed by atoms with E-state index in [1.807, 2.05) is 21.1 Å². The third-order valence-electron chi connectivity index (χ3n) is 14.6. The molecule has 0 amide bonds. The van der Waals surface area contributed by atoms with Gasteiger partial charge >= 0.3 is 17.9 Å². The standard InChI is InChI=1S/C68H125NO8/c1-6-8-10-12-14-16-18-20-22-23-24-25-26-27-28-29-30-31-32-33-34-35-36-37-38-39-40-41-42-43-45-47-49-51-53-55-57-59-66(71)77-64(63-76-68(67(72)73)74-61-60-69(3,4)5)62-75-65(70)58-56-54-52-50-48-46-44-21-19-17-15-13-11-9-7-2/h18,20-21,23-24,26-27,44,64,68H,6-17,19,22,25,28-43,45-63H2,1-5H3/p+1/b20-18-,24-23-,27-26-,44-21-. The molecule has 9 heteroatoms. The van der Waals surface area contributed by atoms with Gasteiger partial charge in [0, 0.05) is 12.8 Å². The Bertz CT molecular complexity index is 1400. The van der Waals surface area contributed by atoms with Crippen molar-refractivity contribution in [3.8, 4) is 0 Å². The molecule has 0 aliphatic heterocycles. The van der Waals surface area contributed by atoms with Crippen LogP contribution in [0.2, 0.25) is 0 Å². The minimum atomic E-state index is -1.51. The molecule has 0 saturated heterocycles. The molecule has 0 fully saturated rings. The van der Waals surface area contributed by atoms with Gasteiger partial charge < -0.3 is 28.5 Å². The van der Waals surface area contributed by atoms with Crippen LogP contribution in [0.25, 0.3) is 0 Å². The van der Waals surface area contributed by atoms with E-state index in [1.165, 1.54) is 218 Å². The molecule has 0 saturated carbocycles. The fraction of sp³-hybridized carbons (Fsp3) is 0.838. The van der Waals surface area contributed by atoms with E-state index in [1.54, 1.807) is 0 Å². The van der Waals surface area contributed by atoms with Crippen molar-refractivity contribution in [3.63, 3.8) is 0 Å². The average molecular weight is 1090 g/mol. The van der Waals surface area contributed by atoms with E-state index in [2.05, 4.69) is 62.5 Å². The van der Waals surface area contributed by atoms with Crippen molar-refractivity contribution in [1.29, 1.82) is 0 Å². The molecule has 0 heterocycles. The zero-order valence-electron chi connectivity index (χ0n) is 51.4. The van der Waals surface area contributed by atoms with Crippen LogP contribution in [0.1, 0.15) is 309 Å². The third kappa shape index (κ3) is 60.7. The third-order valence-corrected chi connectivity index (χ3v) is 14.6. The van der Waals surface area contributed by atoms with Gasteiger partial charge in [0.25, 0.3) is 6.29 Å². The summed E-state index contributed by atoms with van der Waals surface area (Å²) < 4.78 is 22.9. The van der Waals surface area contributed by atoms with E-state index >= 15 is 0 Å². The number of carbonyl (C=O) groups excluding carboxylic acids is 2. The maximum atomic E-state index is 12.9. The number of carboxylic acid groups (broad SMARTS) is 1. The van der Waals surface area contributed by atoms with Gasteiger partial charge in [-0.2, -0.15) is 0 Å². The molecule has 0 aromatic rings. The number of quaternary nitrogens is 1. The van der Waals surface area contributed by atoms with E-state index in [9.17, 15) is 19.5 Å². The number of aliphatic carboxylic acids is 1. The minimum Gasteiger partial charge on any atom is -0.477 e. The topological polar surface area (TPSA) is 108 Å². The normalized spacial score (nSPS) is 13.0. The predicted octanol–water partition coefficient (Wildman–Crippen LogP) is 19.8. The molecule has 2 unspecified atom stereocenters. The lowest BCUT2D eigenvalue weighted by Gasteiger charge is -2.25. The van der Waals surface area contributed by atoms with E-state index < -0.39 is 24.3 Å². The van der Waals surface area contributed by atoms with Gasteiger partial charge in [-0.1, -0.05) is 268 Å². The van der Waals surface area contributed by atoms with Crippen LogP contribution in [-0.4, -0.2) is 87.4 Å². The molecule has 0 aliphatic carbocycles. The second-order valence-corrected chi connectivity index (χ2v) is 23.4. The van der Waals surface area contributed by atoms with E-state index in [0.29, 0.717) is 17.4 Å². The first-order valence-electron chi connectivity index (χ1n) is 32.8. The average Bonchev–Trinajstić information content (AvgIpc) is 3.40. The van der Waals surface area contributed by atoms with Crippen LogP contribution in [-0.2, 0) is 33.3 Å². The van der Waals surface area contributed by atoms with Gasteiger partial charge in [0.05, 0.1) is 34.4 Å². The molecular formula is C68H126NO8+. The summed E-state index contributed by atoms with van der Waals surface area (Å²) in [6.45, 7) is 4.89. The van der Waals surface area contributed by atoms with Gasteiger partial charge in [-0.25, -0.2) is 4.79 Å². The van der Waals surface area contributed by atoms with Crippen molar-refractivity contribution in [2.24, 2.45) is 0 Å². The van der Waals surface area contributed by atoms with Gasteiger partial charge in [0.2, 0.25) is 0 Å². The van der Waals surface area contributed by atoms with Crippen LogP contribution in [0.4, 0.5) is 0 Å². The molecule has 0 aromatic heterocycles. The zero-order chi connectivity index (χ0) is 56.2. The van der Waals surface area contributed by atoms with Gasteiger partial charge in [0.15, 0.2) is 6.10 Å². The van der Waals surface area contributed by atoms with Crippen molar-refractivity contribution in [2.75, 3.05) is 47.5 Å². The van der Waals surface area contributed by atoms with E-state index in [4.69, 9.17) is 18.9 Å². The summed E-state index contributed by atoms with van der Waals surface area (Å²) in [5, 5.41) is 9.71. The first-order valence-corrected chi connectivity index (χ1v) is 32.8. The summed E-state index contributed by atoms with van der Waals surface area (Å²) in [5.41, 5.74) is 0. The lowest BCUT2D eigenvalue weighted by Crippen LogP contribution is -2.40. The Labute approximate surface area is 476 Å². The largest absolute Gasteiger partial charge is 0.477 e. The lowest BCUT2D eigenvalue weighted by atomic mass is 10.0. The Morgan fingerprint density at radius 2 is 0.701 bits per heavy atom. The molecule has 0 rings (SSSR count). The minimum absolute atomic E-state index is 0.183. The Kier molecular flexibility index (Phi) is 57.3. The summed E-state index contributed by atoms with van der Waals surface area (Å²) in [6.07, 6.45) is 72.3. The fourth-order valence-corrected chi connectivity index (χ4v) is 9.49. The Morgan fingerprint density at radius 1 is 0.390 bits per heavy atom. The highest BCUT2D eigenvalue weighted by molar-refractivity contribution is 5.71. The Hall–Kier alpha value is -2.75. The molecule has 2 atom stereocenters. The van der Waals surface area contributed by atoms with Crippen LogP contribution in [0.15, 0.2) is 48.6 Å². The predicted molar refractivity (Wildman–Crippen MR) is 327 cm³/mol. The van der Waals surface area contributed by atoms with Crippen molar-refractivity contribution in [2.45, 2.75) is 322 Å². The number of likely N-dealkylation sites (N-methyl/N-ethyl adjacent to an activating group) is 1. The zero-order valence-corrected chi connectivity index (χ0v) is 51.4. The van der Waals surface area contributed by atoms with Crippen molar-refractivity contribution in [3.05, 3.63) is 48.6 Å². The fourth-order valence-electron chi connectivity index (χ4n) is 9.49. The maximum absolute atomic E-state index is 12.9. The summed E-state index contributed by atoms with van der Waals surface area (Å²) in [5.74, 6) is -2.00. The number of hydrogen-bond donors (Lipinski definition) is 1. The van der Waals surface area contributed by atoms with Crippen LogP contribution < -0.4 is 0 Å². The second-order valence-electron chi connectivity index (χ2n) is 23.4. The van der Waals surface area contributed by atoms with Gasteiger partial charge in [-0.3, -0.25) is 9.59 Å². The number of ether oxygens (including phenoxy) is 4. The number of unbranched alkanes of at least 4 members (excludes halogenated alkanes) is 38. The molecule has 450 valence electrons. The molecule has 0 radical (unpaired) electrons. The van der Waals surface area contributed by atoms with Crippen molar-refractivity contribution >= 4 is 17.9 Å². The molecule has 77 heavy (non-hydrogen) atoms. The summed E-state index contributed by atoms with van der Waals surface area (Å²) >= 11 is 0. The van der Waals surface area contributed by atoms with Crippen LogP contribution in [0, 0.1) is 0 Å². The first-order chi connectivity index (χ1) is 37.6. The smallest absolute Gasteiger partial charge is 0.361 e. The molecule has 0 bridgehead atoms. The van der Waals surface area contributed by atoms with E-state index in [0.717, 1.165) is 64.2 Å². The quantitative estimate of drug-likeness (QED) is 0.0211. The summed E-state index contributed by atoms with van der Waals surface area (Å²) in [4.78, 5) is 37.4. The van der Waals surface area contributed by atoms with Gasteiger partial charge in [0.1, 0.15) is 13.2 Å². The molecule has 0 spiro atoms. The highest BCUT2D eigenvalue weighted by atomic mass is 16.7. The van der Waals surface area contributed by atoms with Crippen LogP contribution in [0.5, 0.6) is 0 Å². The Morgan fingerprint density at radius 3 is 1.05 bits per heavy atom.